The topological polar surface area (TPSA) is 24.5 Å². The summed E-state index contributed by atoms with van der Waals surface area (Å²) in [6.45, 7) is 2.23. The van der Waals surface area contributed by atoms with Crippen molar-refractivity contribution in [3.05, 3.63) is 103 Å². The molecule has 3 nitrogen and oxygen atoms in total. The number of benzene rings is 5. The van der Waals surface area contributed by atoms with E-state index in [1.807, 2.05) is 7.05 Å². The molecule has 0 aromatic heterocycles. The quantitative estimate of drug-likeness (QED) is 0.208. The maximum Gasteiger partial charge on any atom is 0.177 e. The standard InChI is InChI=1S/C32H33N2OP/c1-4-5-10-23-15-19-26(20-16-23)35-36-34(3)30-22-18-25-12-7-9-14-28(25)32(30)31-27-13-8-6-11-24(27)17-21-29(31)33-2/h6-9,11-22,33,36H,4-5,10H2,1-3H3. The van der Waals surface area contributed by atoms with Crippen LogP contribution >= 0.6 is 8.96 Å². The van der Waals surface area contributed by atoms with E-state index in [0.29, 0.717) is 0 Å². The Kier molecular flexibility index (Phi) is 7.39. The maximum atomic E-state index is 6.27. The van der Waals surface area contributed by atoms with E-state index in [0.717, 1.165) is 23.5 Å². The lowest BCUT2D eigenvalue weighted by Gasteiger charge is -2.25. The van der Waals surface area contributed by atoms with Crippen LogP contribution in [0.25, 0.3) is 32.7 Å². The fraction of sp³-hybridized carbons (Fsp3) is 0.188. The summed E-state index contributed by atoms with van der Waals surface area (Å²) in [6.07, 6.45) is 3.56. The minimum absolute atomic E-state index is 0.158. The lowest BCUT2D eigenvalue weighted by atomic mass is 9.91. The molecule has 0 aliphatic heterocycles. The van der Waals surface area contributed by atoms with Crippen molar-refractivity contribution in [3.8, 4) is 16.9 Å². The van der Waals surface area contributed by atoms with Gasteiger partial charge in [-0.3, -0.25) is 0 Å². The first-order valence-electron chi connectivity index (χ1n) is 12.7. The van der Waals surface area contributed by atoms with Crippen molar-refractivity contribution in [2.45, 2.75) is 26.2 Å². The van der Waals surface area contributed by atoms with Crippen molar-refractivity contribution in [1.29, 1.82) is 0 Å². The summed E-state index contributed by atoms with van der Waals surface area (Å²) < 4.78 is 8.50. The Balaban J connectivity index is 1.55. The average molecular weight is 493 g/mol. The Bertz CT molecular complexity index is 1480. The van der Waals surface area contributed by atoms with Crippen molar-refractivity contribution >= 4 is 41.9 Å². The summed E-state index contributed by atoms with van der Waals surface area (Å²) in [6, 6.07) is 34.6. The number of nitrogens with one attached hydrogen (secondary N) is 1. The first-order chi connectivity index (χ1) is 17.7. The van der Waals surface area contributed by atoms with Crippen molar-refractivity contribution in [2.75, 3.05) is 24.1 Å². The number of nitrogens with zero attached hydrogens (tertiary/aromatic N) is 1. The van der Waals surface area contributed by atoms with Crippen LogP contribution < -0.4 is 14.5 Å². The van der Waals surface area contributed by atoms with Crippen LogP contribution in [-0.4, -0.2) is 14.1 Å². The van der Waals surface area contributed by atoms with E-state index >= 15 is 0 Å². The van der Waals surface area contributed by atoms with Gasteiger partial charge in [0.15, 0.2) is 8.96 Å². The molecule has 0 bridgehead atoms. The minimum atomic E-state index is 0.158. The molecule has 5 rings (SSSR count). The number of anilines is 2. The second kappa shape index (κ2) is 11.0. The predicted octanol–water partition coefficient (Wildman–Crippen LogP) is 9.07. The summed E-state index contributed by atoms with van der Waals surface area (Å²) in [5.41, 5.74) is 6.08. The highest BCUT2D eigenvalue weighted by atomic mass is 31.1. The fourth-order valence-corrected chi connectivity index (χ4v) is 5.49. The molecule has 0 amide bonds. The lowest BCUT2D eigenvalue weighted by molar-refractivity contribution is 0.628. The molecule has 0 spiro atoms. The molecular weight excluding hydrogens is 459 g/mol. The summed E-state index contributed by atoms with van der Waals surface area (Å²) in [4.78, 5) is 0. The van der Waals surface area contributed by atoms with E-state index in [9.17, 15) is 0 Å². The monoisotopic (exact) mass is 492 g/mol. The molecule has 0 fully saturated rings. The van der Waals surface area contributed by atoms with Gasteiger partial charge in [0, 0.05) is 30.9 Å². The highest BCUT2D eigenvalue weighted by Gasteiger charge is 2.19. The molecule has 5 aromatic carbocycles. The zero-order valence-electron chi connectivity index (χ0n) is 21.2. The summed E-state index contributed by atoms with van der Waals surface area (Å²) in [5.74, 6) is 0.906. The van der Waals surface area contributed by atoms with Gasteiger partial charge < -0.3 is 14.5 Å². The van der Waals surface area contributed by atoms with Gasteiger partial charge in [-0.15, -0.1) is 0 Å². The maximum absolute atomic E-state index is 6.27. The average Bonchev–Trinajstić information content (AvgIpc) is 2.94. The van der Waals surface area contributed by atoms with Crippen LogP contribution in [-0.2, 0) is 6.42 Å². The van der Waals surface area contributed by atoms with Crippen molar-refractivity contribution < 1.29 is 4.52 Å². The lowest BCUT2D eigenvalue weighted by Crippen LogP contribution is -2.09. The van der Waals surface area contributed by atoms with Crippen LogP contribution in [0.5, 0.6) is 5.75 Å². The summed E-state index contributed by atoms with van der Waals surface area (Å²) in [5, 5.41) is 8.38. The van der Waals surface area contributed by atoms with Gasteiger partial charge in [-0.1, -0.05) is 86.1 Å². The number of aryl methyl sites for hydroxylation is 1. The van der Waals surface area contributed by atoms with Gasteiger partial charge in [-0.2, -0.15) is 0 Å². The number of hydrogen-bond donors (Lipinski definition) is 1. The zero-order valence-corrected chi connectivity index (χ0v) is 22.2. The molecule has 36 heavy (non-hydrogen) atoms. The van der Waals surface area contributed by atoms with Crippen LogP contribution in [0.1, 0.15) is 25.3 Å². The highest BCUT2D eigenvalue weighted by Crippen LogP contribution is 2.46. The van der Waals surface area contributed by atoms with E-state index in [-0.39, 0.29) is 8.96 Å². The summed E-state index contributed by atoms with van der Waals surface area (Å²) in [7, 11) is 4.27. The molecule has 0 aliphatic carbocycles. The molecule has 4 heteroatoms. The van der Waals surface area contributed by atoms with Crippen LogP contribution in [0.15, 0.2) is 97.1 Å². The van der Waals surface area contributed by atoms with Gasteiger partial charge >= 0.3 is 0 Å². The third-order valence-corrected chi connectivity index (χ3v) is 7.60. The molecule has 0 heterocycles. The van der Waals surface area contributed by atoms with Gasteiger partial charge in [0.1, 0.15) is 5.75 Å². The van der Waals surface area contributed by atoms with Crippen LogP contribution in [0.3, 0.4) is 0 Å². The Hall–Kier alpha value is -3.55. The van der Waals surface area contributed by atoms with Gasteiger partial charge in [0.2, 0.25) is 0 Å². The molecule has 1 N–H and O–H groups in total. The summed E-state index contributed by atoms with van der Waals surface area (Å²) >= 11 is 0. The third kappa shape index (κ3) is 4.90. The van der Waals surface area contributed by atoms with E-state index in [4.69, 9.17) is 4.52 Å². The van der Waals surface area contributed by atoms with E-state index in [2.05, 4.69) is 121 Å². The smallest absolute Gasteiger partial charge is 0.177 e. The molecule has 1 atom stereocenters. The van der Waals surface area contributed by atoms with Crippen molar-refractivity contribution in [3.63, 3.8) is 0 Å². The van der Waals surface area contributed by atoms with E-state index in [1.54, 1.807) is 0 Å². The molecule has 0 saturated carbocycles. The molecule has 0 saturated heterocycles. The van der Waals surface area contributed by atoms with Crippen molar-refractivity contribution in [1.82, 2.24) is 0 Å². The highest BCUT2D eigenvalue weighted by molar-refractivity contribution is 7.34. The predicted molar refractivity (Wildman–Crippen MR) is 159 cm³/mol. The number of unbranched alkanes of at least 4 members (excludes halogenated alkanes) is 1. The van der Waals surface area contributed by atoms with Gasteiger partial charge in [0.25, 0.3) is 0 Å². The third-order valence-electron chi connectivity index (χ3n) is 6.76. The van der Waals surface area contributed by atoms with E-state index < -0.39 is 0 Å². The van der Waals surface area contributed by atoms with Gasteiger partial charge in [-0.05, 0) is 64.2 Å². The SMILES string of the molecule is CCCCc1ccc(OPN(C)c2ccc3ccccc3c2-c2c(NC)ccc3ccccc23)cc1. The van der Waals surface area contributed by atoms with Crippen molar-refractivity contribution in [2.24, 2.45) is 0 Å². The molecule has 0 aliphatic rings. The van der Waals surface area contributed by atoms with Gasteiger partial charge in [0.05, 0.1) is 5.69 Å². The first kappa shape index (κ1) is 24.2. The van der Waals surface area contributed by atoms with Gasteiger partial charge in [-0.25, -0.2) is 0 Å². The largest absolute Gasteiger partial charge is 0.456 e. The Morgan fingerprint density at radius 2 is 1.39 bits per heavy atom. The molecular formula is C32H33N2OP. The normalized spacial score (nSPS) is 11.4. The molecule has 1 unspecified atom stereocenters. The zero-order chi connectivity index (χ0) is 24.9. The molecule has 182 valence electrons. The number of fused-ring (bicyclic) bond motifs is 2. The minimum Gasteiger partial charge on any atom is -0.456 e. The molecule has 5 aromatic rings. The fourth-order valence-electron chi connectivity index (χ4n) is 4.83. The van der Waals surface area contributed by atoms with E-state index in [1.165, 1.54) is 51.1 Å². The number of hydrogen-bond acceptors (Lipinski definition) is 3. The Morgan fingerprint density at radius 1 is 0.750 bits per heavy atom. The molecule has 0 radical (unpaired) electrons. The first-order valence-corrected chi connectivity index (χ1v) is 13.5. The van der Waals surface area contributed by atoms with Crippen LogP contribution in [0.4, 0.5) is 11.4 Å². The Morgan fingerprint density at radius 3 is 2.06 bits per heavy atom. The second-order valence-corrected chi connectivity index (χ2v) is 10.2. The van der Waals surface area contributed by atoms with Crippen LogP contribution in [0.2, 0.25) is 0 Å². The number of rotatable bonds is 9. The second-order valence-electron chi connectivity index (χ2n) is 9.14. The van der Waals surface area contributed by atoms with Crippen LogP contribution in [0, 0.1) is 0 Å². The Labute approximate surface area is 216 Å².